The molecule has 1 aromatic carbocycles. The number of carbonyl (C=O) groups excluding carboxylic acids is 1. The van der Waals surface area contributed by atoms with Crippen molar-refractivity contribution in [2.45, 2.75) is 52.6 Å². The van der Waals surface area contributed by atoms with E-state index < -0.39 is 0 Å². The average molecular weight is 336 g/mol. The van der Waals surface area contributed by atoms with Crippen LogP contribution in [0.2, 0.25) is 5.02 Å². The van der Waals surface area contributed by atoms with Gasteiger partial charge in [-0.3, -0.25) is 4.79 Å². The van der Waals surface area contributed by atoms with Gasteiger partial charge in [0.25, 0.3) is 0 Å². The highest BCUT2D eigenvalue weighted by Crippen LogP contribution is 2.16. The van der Waals surface area contributed by atoms with Crippen LogP contribution in [0.5, 0.6) is 0 Å². The first-order valence-corrected chi connectivity index (χ1v) is 8.16. The number of rotatable bonds is 7. The third-order valence-electron chi connectivity index (χ3n) is 3.54. The number of halogens is 1. The predicted octanol–water partition coefficient (Wildman–Crippen LogP) is 3.79. The van der Waals surface area contributed by atoms with Crippen molar-refractivity contribution >= 4 is 17.5 Å². The Bertz CT molecular complexity index is 655. The van der Waals surface area contributed by atoms with E-state index in [1.54, 1.807) is 6.92 Å². The predicted molar refractivity (Wildman–Crippen MR) is 89.1 cm³/mol. The molecule has 0 fully saturated rings. The third-order valence-corrected chi connectivity index (χ3v) is 3.77. The molecular weight excluding hydrogens is 314 g/mol. The maximum Gasteiger partial charge on any atom is 0.226 e. The van der Waals surface area contributed by atoms with Crippen LogP contribution in [-0.4, -0.2) is 27.0 Å². The molecule has 0 bridgehead atoms. The number of aryl methyl sites for hydroxylation is 2. The first-order chi connectivity index (χ1) is 11.0. The van der Waals surface area contributed by atoms with E-state index in [1.165, 1.54) is 0 Å². The third kappa shape index (κ3) is 5.36. The summed E-state index contributed by atoms with van der Waals surface area (Å²) in [5.74, 6) is 1.33. The molecule has 0 saturated heterocycles. The van der Waals surface area contributed by atoms with Crippen LogP contribution in [-0.2, 0) is 17.8 Å². The quantitative estimate of drug-likeness (QED) is 0.772. The van der Waals surface area contributed by atoms with Crippen LogP contribution in [0, 0.1) is 6.92 Å². The Morgan fingerprint density at radius 1 is 1.39 bits per heavy atom. The van der Waals surface area contributed by atoms with Crippen LogP contribution in [0.3, 0.4) is 0 Å². The Labute approximate surface area is 141 Å². The van der Waals surface area contributed by atoms with Crippen molar-refractivity contribution in [3.63, 3.8) is 0 Å². The van der Waals surface area contributed by atoms with Crippen molar-refractivity contribution in [3.05, 3.63) is 46.6 Å². The number of amides is 1. The minimum absolute atomic E-state index is 0.121. The topological polar surface area (TPSA) is 59.2 Å². The highest BCUT2D eigenvalue weighted by atomic mass is 35.5. The summed E-state index contributed by atoms with van der Waals surface area (Å²) >= 11 is 6.01. The van der Waals surface area contributed by atoms with Gasteiger partial charge < -0.3 is 9.42 Å². The van der Waals surface area contributed by atoms with Gasteiger partial charge in [0.2, 0.25) is 11.8 Å². The normalized spacial score (nSPS) is 11.0. The summed E-state index contributed by atoms with van der Waals surface area (Å²) in [6.45, 7) is 6.38. The maximum absolute atomic E-state index is 12.5. The molecule has 2 aromatic rings. The van der Waals surface area contributed by atoms with E-state index in [4.69, 9.17) is 16.1 Å². The number of benzene rings is 1. The maximum atomic E-state index is 12.5. The Balaban J connectivity index is 1.90. The molecule has 124 valence electrons. The number of aromatic nitrogens is 2. The molecule has 0 aliphatic heterocycles. The zero-order valence-electron chi connectivity index (χ0n) is 13.8. The molecule has 1 heterocycles. The number of nitrogens with zero attached hydrogens (tertiary/aromatic N) is 3. The Morgan fingerprint density at radius 2 is 2.17 bits per heavy atom. The molecule has 2 rings (SSSR count). The van der Waals surface area contributed by atoms with Gasteiger partial charge in [0.05, 0.1) is 0 Å². The van der Waals surface area contributed by atoms with Gasteiger partial charge in [0.15, 0.2) is 5.82 Å². The summed E-state index contributed by atoms with van der Waals surface area (Å²) in [4.78, 5) is 18.5. The van der Waals surface area contributed by atoms with Gasteiger partial charge in [-0.2, -0.15) is 4.98 Å². The fraction of sp³-hybridized carbons (Fsp3) is 0.471. The lowest BCUT2D eigenvalue weighted by molar-refractivity contribution is -0.133. The van der Waals surface area contributed by atoms with E-state index in [9.17, 15) is 4.79 Å². The van der Waals surface area contributed by atoms with Crippen molar-refractivity contribution < 1.29 is 9.32 Å². The van der Waals surface area contributed by atoms with Crippen molar-refractivity contribution in [1.29, 1.82) is 0 Å². The second-order valence-electron chi connectivity index (χ2n) is 5.83. The molecular formula is C17H22ClN3O2. The lowest BCUT2D eigenvalue weighted by Gasteiger charge is -2.27. The minimum atomic E-state index is 0.121. The molecule has 23 heavy (non-hydrogen) atoms. The van der Waals surface area contributed by atoms with E-state index in [0.29, 0.717) is 42.5 Å². The van der Waals surface area contributed by atoms with E-state index in [-0.39, 0.29) is 11.9 Å². The van der Waals surface area contributed by atoms with Crippen molar-refractivity contribution in [1.82, 2.24) is 15.0 Å². The van der Waals surface area contributed by atoms with Crippen LogP contribution in [0.25, 0.3) is 0 Å². The molecule has 1 aromatic heterocycles. The van der Waals surface area contributed by atoms with Crippen LogP contribution in [0.4, 0.5) is 0 Å². The molecule has 0 unspecified atom stereocenters. The van der Waals surface area contributed by atoms with Gasteiger partial charge in [-0.05, 0) is 44.9 Å². The summed E-state index contributed by atoms with van der Waals surface area (Å²) in [6, 6.07) is 7.74. The van der Waals surface area contributed by atoms with E-state index in [0.717, 1.165) is 5.56 Å². The van der Waals surface area contributed by atoms with Gasteiger partial charge in [0, 0.05) is 30.5 Å². The Kier molecular flexibility index (Phi) is 6.16. The average Bonchev–Trinajstić information content (AvgIpc) is 2.90. The van der Waals surface area contributed by atoms with Crippen LogP contribution < -0.4 is 0 Å². The van der Waals surface area contributed by atoms with Gasteiger partial charge >= 0.3 is 0 Å². The van der Waals surface area contributed by atoms with Crippen molar-refractivity contribution in [2.75, 3.05) is 0 Å². The fourth-order valence-corrected chi connectivity index (χ4v) is 2.58. The molecule has 1 amide bonds. The van der Waals surface area contributed by atoms with Crippen molar-refractivity contribution in [3.8, 4) is 0 Å². The molecule has 6 heteroatoms. The summed E-state index contributed by atoms with van der Waals surface area (Å²) < 4.78 is 5.06. The smallest absolute Gasteiger partial charge is 0.226 e. The highest BCUT2D eigenvalue weighted by molar-refractivity contribution is 6.30. The molecule has 0 aliphatic carbocycles. The molecule has 0 aliphatic rings. The summed E-state index contributed by atoms with van der Waals surface area (Å²) in [7, 11) is 0. The first kappa shape index (κ1) is 17.5. The van der Waals surface area contributed by atoms with E-state index in [1.807, 2.05) is 43.0 Å². The van der Waals surface area contributed by atoms with E-state index in [2.05, 4.69) is 10.1 Å². The van der Waals surface area contributed by atoms with Crippen molar-refractivity contribution in [2.24, 2.45) is 0 Å². The van der Waals surface area contributed by atoms with E-state index >= 15 is 0 Å². The number of hydrogen-bond donors (Lipinski definition) is 0. The van der Waals surface area contributed by atoms with Gasteiger partial charge in [-0.1, -0.05) is 28.9 Å². The summed E-state index contributed by atoms with van der Waals surface area (Å²) in [5.41, 5.74) is 1.03. The first-order valence-electron chi connectivity index (χ1n) is 7.79. The minimum Gasteiger partial charge on any atom is -0.339 e. The van der Waals surface area contributed by atoms with Gasteiger partial charge in [-0.15, -0.1) is 0 Å². The molecule has 0 saturated carbocycles. The van der Waals surface area contributed by atoms with Crippen LogP contribution >= 0.6 is 11.6 Å². The summed E-state index contributed by atoms with van der Waals surface area (Å²) in [6.07, 6.45) is 1.77. The molecule has 0 N–H and O–H groups in total. The lowest BCUT2D eigenvalue weighted by Crippen LogP contribution is -2.36. The zero-order valence-corrected chi connectivity index (χ0v) is 14.5. The lowest BCUT2D eigenvalue weighted by atomic mass is 10.1. The second kappa shape index (κ2) is 8.11. The largest absolute Gasteiger partial charge is 0.339 e. The monoisotopic (exact) mass is 335 g/mol. The SMILES string of the molecule is Cc1noc(CCCC(=O)N(Cc2cccc(Cl)c2)C(C)C)n1. The van der Waals surface area contributed by atoms with Crippen LogP contribution in [0.1, 0.15) is 44.0 Å². The molecule has 5 nitrogen and oxygen atoms in total. The zero-order chi connectivity index (χ0) is 16.8. The second-order valence-corrected chi connectivity index (χ2v) is 6.27. The molecule has 0 radical (unpaired) electrons. The van der Waals surface area contributed by atoms with Crippen LogP contribution in [0.15, 0.2) is 28.8 Å². The summed E-state index contributed by atoms with van der Waals surface area (Å²) in [5, 5.41) is 4.43. The molecule has 0 spiro atoms. The van der Waals surface area contributed by atoms with Gasteiger partial charge in [-0.25, -0.2) is 0 Å². The Hall–Kier alpha value is -1.88. The highest BCUT2D eigenvalue weighted by Gasteiger charge is 2.17. The number of hydrogen-bond acceptors (Lipinski definition) is 4. The Morgan fingerprint density at radius 3 is 2.78 bits per heavy atom. The molecule has 0 atom stereocenters. The van der Waals surface area contributed by atoms with Gasteiger partial charge in [0.1, 0.15) is 0 Å². The fourth-order valence-electron chi connectivity index (χ4n) is 2.37. The standard InChI is InChI=1S/C17H22ClN3O2/c1-12(2)21(11-14-6-4-7-15(18)10-14)17(22)9-5-8-16-19-13(3)20-23-16/h4,6-7,10,12H,5,8-9,11H2,1-3H3. The number of carbonyl (C=O) groups is 1.